The van der Waals surface area contributed by atoms with Crippen LogP contribution < -0.4 is 10.2 Å². The molecular weight excluding hydrogens is 393 g/mol. The van der Waals surface area contributed by atoms with Gasteiger partial charge in [-0.05, 0) is 25.5 Å². The van der Waals surface area contributed by atoms with Gasteiger partial charge in [-0.3, -0.25) is 4.79 Å². The fourth-order valence-corrected chi connectivity index (χ4v) is 4.28. The lowest BCUT2D eigenvalue weighted by atomic mass is 10.1. The van der Waals surface area contributed by atoms with Crippen molar-refractivity contribution in [3.8, 4) is 0 Å². The summed E-state index contributed by atoms with van der Waals surface area (Å²) in [4.78, 5) is 15.6. The van der Waals surface area contributed by atoms with Crippen molar-refractivity contribution >= 4 is 11.6 Å². The van der Waals surface area contributed by atoms with Gasteiger partial charge in [-0.1, -0.05) is 48.5 Å². The molecule has 0 atom stereocenters. The topological polar surface area (TPSA) is 46.5 Å². The number of hydrogen-bond acceptors (Lipinski definition) is 3. The summed E-state index contributed by atoms with van der Waals surface area (Å²) in [7, 11) is 0. The van der Waals surface area contributed by atoms with Crippen LogP contribution in [0.15, 0.2) is 54.6 Å². The molecule has 0 saturated carbocycles. The van der Waals surface area contributed by atoms with Gasteiger partial charge >= 0.3 is 0 Å². The third-order valence-corrected chi connectivity index (χ3v) is 5.85. The number of rotatable bonds is 6. The molecule has 1 aliphatic rings. The van der Waals surface area contributed by atoms with E-state index in [4.69, 9.17) is 4.74 Å². The zero-order chi connectivity index (χ0) is 21.8. The van der Waals surface area contributed by atoms with E-state index >= 15 is 0 Å². The first-order valence-electron chi connectivity index (χ1n) is 10.6. The van der Waals surface area contributed by atoms with E-state index < -0.39 is 0 Å². The van der Waals surface area contributed by atoms with E-state index in [1.54, 1.807) is 12.1 Å². The van der Waals surface area contributed by atoms with Crippen molar-refractivity contribution in [2.45, 2.75) is 26.9 Å². The Labute approximate surface area is 182 Å². The maximum absolute atomic E-state index is 14.4. The lowest BCUT2D eigenvalue weighted by molar-refractivity contribution is 0.0941. The molecule has 2 heterocycles. The fraction of sp³-hybridized carbons (Fsp3) is 0.320. The standard InChI is InChI=1S/C25H28FN3O2/c1-18-23(28-12-14-31-15-13-28)19(2)29(17-21-10-6-7-11-22(21)26)24(18)25(30)27-16-20-8-4-3-5-9-20/h3-11H,12-17H2,1-2H3,(H,27,30). The Morgan fingerprint density at radius 2 is 1.71 bits per heavy atom. The molecule has 3 aromatic rings. The number of aromatic nitrogens is 1. The van der Waals surface area contributed by atoms with Crippen molar-refractivity contribution in [2.24, 2.45) is 0 Å². The van der Waals surface area contributed by atoms with Crippen LogP contribution in [0.1, 0.15) is 32.9 Å². The number of amides is 1. The number of anilines is 1. The third kappa shape index (κ3) is 4.49. The molecule has 0 aliphatic carbocycles. The molecule has 31 heavy (non-hydrogen) atoms. The van der Waals surface area contributed by atoms with Gasteiger partial charge in [0, 0.05) is 36.5 Å². The lowest BCUT2D eigenvalue weighted by Gasteiger charge is -2.29. The third-order valence-electron chi connectivity index (χ3n) is 5.85. The summed E-state index contributed by atoms with van der Waals surface area (Å²) in [5.74, 6) is -0.419. The minimum absolute atomic E-state index is 0.152. The van der Waals surface area contributed by atoms with Crippen LogP contribution in [0.5, 0.6) is 0 Å². The molecule has 162 valence electrons. The maximum atomic E-state index is 14.4. The van der Waals surface area contributed by atoms with Crippen molar-refractivity contribution in [1.29, 1.82) is 0 Å². The number of ether oxygens (including phenoxy) is 1. The molecule has 1 saturated heterocycles. The van der Waals surface area contributed by atoms with Gasteiger partial charge in [-0.2, -0.15) is 0 Å². The summed E-state index contributed by atoms with van der Waals surface area (Å²) in [5.41, 5.74) is 5.11. The normalized spacial score (nSPS) is 14.0. The first-order valence-corrected chi connectivity index (χ1v) is 10.6. The molecule has 1 aromatic heterocycles. The highest BCUT2D eigenvalue weighted by molar-refractivity contribution is 5.96. The lowest BCUT2D eigenvalue weighted by Crippen LogP contribution is -2.36. The van der Waals surface area contributed by atoms with Gasteiger partial charge in [0.15, 0.2) is 0 Å². The molecular formula is C25H28FN3O2. The van der Waals surface area contributed by atoms with Gasteiger partial charge in [-0.25, -0.2) is 4.39 Å². The molecule has 4 rings (SSSR count). The summed E-state index contributed by atoms with van der Waals surface area (Å²) in [6, 6.07) is 16.5. The highest BCUT2D eigenvalue weighted by Crippen LogP contribution is 2.32. The van der Waals surface area contributed by atoms with Crippen LogP contribution in [0.3, 0.4) is 0 Å². The SMILES string of the molecule is Cc1c(N2CCOCC2)c(C)n(Cc2ccccc2F)c1C(=O)NCc1ccccc1. The van der Waals surface area contributed by atoms with E-state index in [0.29, 0.717) is 37.6 Å². The van der Waals surface area contributed by atoms with Crippen LogP contribution in [0, 0.1) is 19.7 Å². The van der Waals surface area contributed by atoms with Crippen LogP contribution in [-0.2, 0) is 17.8 Å². The Bertz CT molecular complexity index is 1060. The van der Waals surface area contributed by atoms with Crippen LogP contribution in [-0.4, -0.2) is 36.8 Å². The average Bonchev–Trinajstić information content (AvgIpc) is 3.04. The Morgan fingerprint density at radius 3 is 2.42 bits per heavy atom. The Hall–Kier alpha value is -3.12. The zero-order valence-electron chi connectivity index (χ0n) is 18.0. The van der Waals surface area contributed by atoms with E-state index in [0.717, 1.165) is 35.6 Å². The van der Waals surface area contributed by atoms with Crippen molar-refractivity contribution in [3.63, 3.8) is 0 Å². The number of carbonyl (C=O) groups is 1. The van der Waals surface area contributed by atoms with Crippen molar-refractivity contribution < 1.29 is 13.9 Å². The van der Waals surface area contributed by atoms with Gasteiger partial charge in [0.25, 0.3) is 5.91 Å². The van der Waals surface area contributed by atoms with E-state index in [9.17, 15) is 9.18 Å². The summed E-state index contributed by atoms with van der Waals surface area (Å²) >= 11 is 0. The summed E-state index contributed by atoms with van der Waals surface area (Å²) in [6.45, 7) is 7.60. The molecule has 5 nitrogen and oxygen atoms in total. The van der Waals surface area contributed by atoms with Gasteiger partial charge < -0.3 is 19.5 Å². The Morgan fingerprint density at radius 1 is 1.03 bits per heavy atom. The number of hydrogen-bond donors (Lipinski definition) is 1. The monoisotopic (exact) mass is 421 g/mol. The Balaban J connectivity index is 1.70. The zero-order valence-corrected chi connectivity index (χ0v) is 18.0. The molecule has 1 fully saturated rings. The van der Waals surface area contributed by atoms with Crippen LogP contribution in [0.25, 0.3) is 0 Å². The molecule has 1 N–H and O–H groups in total. The number of benzene rings is 2. The predicted octanol–water partition coefficient (Wildman–Crippen LogP) is 4.06. The van der Waals surface area contributed by atoms with Gasteiger partial charge in [0.2, 0.25) is 0 Å². The van der Waals surface area contributed by atoms with Crippen LogP contribution >= 0.6 is 0 Å². The first kappa shape index (κ1) is 21.1. The fourth-order valence-electron chi connectivity index (χ4n) is 4.28. The molecule has 1 amide bonds. The second kappa shape index (κ2) is 9.35. The van der Waals surface area contributed by atoms with Gasteiger partial charge in [-0.15, -0.1) is 0 Å². The molecule has 1 aliphatic heterocycles. The number of halogens is 1. The summed E-state index contributed by atoms with van der Waals surface area (Å²) in [5, 5.41) is 3.04. The quantitative estimate of drug-likeness (QED) is 0.653. The van der Waals surface area contributed by atoms with E-state index in [2.05, 4.69) is 10.2 Å². The van der Waals surface area contributed by atoms with E-state index in [1.165, 1.54) is 6.07 Å². The molecule has 0 bridgehead atoms. The van der Waals surface area contributed by atoms with Gasteiger partial charge in [0.05, 0.1) is 25.4 Å². The molecule has 2 aromatic carbocycles. The molecule has 6 heteroatoms. The Kier molecular flexibility index (Phi) is 6.37. The van der Waals surface area contributed by atoms with E-state index in [1.807, 2.05) is 54.8 Å². The second-order valence-electron chi connectivity index (χ2n) is 7.85. The molecule has 0 unspecified atom stereocenters. The molecule has 0 radical (unpaired) electrons. The van der Waals surface area contributed by atoms with Gasteiger partial charge in [0.1, 0.15) is 11.5 Å². The number of nitrogens with zero attached hydrogens (tertiary/aromatic N) is 2. The number of nitrogens with one attached hydrogen (secondary N) is 1. The van der Waals surface area contributed by atoms with Crippen LogP contribution in [0.2, 0.25) is 0 Å². The maximum Gasteiger partial charge on any atom is 0.268 e. The van der Waals surface area contributed by atoms with Crippen molar-refractivity contribution in [2.75, 3.05) is 31.2 Å². The molecule has 0 spiro atoms. The van der Waals surface area contributed by atoms with E-state index in [-0.39, 0.29) is 11.7 Å². The first-order chi connectivity index (χ1) is 15.1. The minimum atomic E-state index is -0.267. The average molecular weight is 422 g/mol. The smallest absolute Gasteiger partial charge is 0.268 e. The highest BCUT2D eigenvalue weighted by Gasteiger charge is 2.27. The van der Waals surface area contributed by atoms with Crippen molar-refractivity contribution in [3.05, 3.63) is 88.5 Å². The largest absolute Gasteiger partial charge is 0.378 e. The summed E-state index contributed by atoms with van der Waals surface area (Å²) < 4.78 is 21.9. The van der Waals surface area contributed by atoms with Crippen LogP contribution in [0.4, 0.5) is 10.1 Å². The number of morpholine rings is 1. The minimum Gasteiger partial charge on any atom is -0.378 e. The number of carbonyl (C=O) groups excluding carboxylic acids is 1. The van der Waals surface area contributed by atoms with Crippen molar-refractivity contribution in [1.82, 2.24) is 9.88 Å². The highest BCUT2D eigenvalue weighted by atomic mass is 19.1. The predicted molar refractivity (Wildman–Crippen MR) is 120 cm³/mol. The summed E-state index contributed by atoms with van der Waals surface area (Å²) in [6.07, 6.45) is 0. The second-order valence-corrected chi connectivity index (χ2v) is 7.85.